The van der Waals surface area contributed by atoms with Gasteiger partial charge >= 0.3 is 0 Å². The third kappa shape index (κ3) is 3.16. The second kappa shape index (κ2) is 5.31. The van der Waals surface area contributed by atoms with E-state index in [1.165, 1.54) is 18.7 Å². The molecule has 1 aromatic rings. The Kier molecular flexibility index (Phi) is 3.99. The fourth-order valence-corrected chi connectivity index (χ4v) is 2.17. The Labute approximate surface area is 108 Å². The van der Waals surface area contributed by atoms with Crippen molar-refractivity contribution in [3.8, 4) is 0 Å². The molecule has 1 aromatic heterocycles. The van der Waals surface area contributed by atoms with Crippen LogP contribution in [0.15, 0.2) is 0 Å². The molecule has 0 aliphatic heterocycles. The standard InChI is InChI=1S/C12H22N4S/c1-9(2)15(3)7-4-8-16-11(10-5-6-10)13-14-12(16)17/h9-10H,4-8H2,1-3H3,(H,14,17). The summed E-state index contributed by atoms with van der Waals surface area (Å²) in [6, 6.07) is 0.607. The van der Waals surface area contributed by atoms with E-state index in [1.54, 1.807) is 0 Å². The molecule has 5 heteroatoms. The largest absolute Gasteiger partial charge is 0.304 e. The average Bonchev–Trinajstić information content (AvgIpc) is 3.05. The molecule has 1 saturated carbocycles. The van der Waals surface area contributed by atoms with Crippen molar-refractivity contribution in [2.24, 2.45) is 0 Å². The summed E-state index contributed by atoms with van der Waals surface area (Å²) in [7, 11) is 2.17. The average molecular weight is 254 g/mol. The quantitative estimate of drug-likeness (QED) is 0.793. The first kappa shape index (κ1) is 12.8. The summed E-state index contributed by atoms with van der Waals surface area (Å²) in [4.78, 5) is 2.36. The zero-order valence-corrected chi connectivity index (χ0v) is 11.8. The minimum atomic E-state index is 0.607. The fraction of sp³-hybridized carbons (Fsp3) is 0.833. The number of rotatable bonds is 6. The van der Waals surface area contributed by atoms with Crippen molar-refractivity contribution in [2.75, 3.05) is 13.6 Å². The van der Waals surface area contributed by atoms with E-state index in [0.29, 0.717) is 12.0 Å². The summed E-state index contributed by atoms with van der Waals surface area (Å²) in [5.41, 5.74) is 0. The van der Waals surface area contributed by atoms with Crippen molar-refractivity contribution in [3.63, 3.8) is 0 Å². The molecule has 2 rings (SSSR count). The minimum Gasteiger partial charge on any atom is -0.304 e. The summed E-state index contributed by atoms with van der Waals surface area (Å²) >= 11 is 5.28. The number of hydrogen-bond acceptors (Lipinski definition) is 3. The highest BCUT2D eigenvalue weighted by molar-refractivity contribution is 7.71. The zero-order chi connectivity index (χ0) is 12.4. The smallest absolute Gasteiger partial charge is 0.195 e. The van der Waals surface area contributed by atoms with Crippen molar-refractivity contribution in [3.05, 3.63) is 10.6 Å². The lowest BCUT2D eigenvalue weighted by Gasteiger charge is -2.20. The molecule has 4 nitrogen and oxygen atoms in total. The maximum atomic E-state index is 5.28. The second-order valence-corrected chi connectivity index (χ2v) is 5.63. The Bertz CT molecular complexity index is 416. The van der Waals surface area contributed by atoms with Gasteiger partial charge in [-0.05, 0) is 58.9 Å². The number of aromatic nitrogens is 3. The molecule has 1 N–H and O–H groups in total. The Morgan fingerprint density at radius 2 is 2.24 bits per heavy atom. The van der Waals surface area contributed by atoms with Gasteiger partial charge in [-0.1, -0.05) is 0 Å². The molecule has 0 bridgehead atoms. The highest BCUT2D eigenvalue weighted by Crippen LogP contribution is 2.38. The van der Waals surface area contributed by atoms with E-state index in [2.05, 4.69) is 40.6 Å². The van der Waals surface area contributed by atoms with Crippen molar-refractivity contribution < 1.29 is 0 Å². The van der Waals surface area contributed by atoms with Gasteiger partial charge in [-0.25, -0.2) is 0 Å². The van der Waals surface area contributed by atoms with E-state index < -0.39 is 0 Å². The number of nitrogens with zero attached hydrogens (tertiary/aromatic N) is 3. The monoisotopic (exact) mass is 254 g/mol. The van der Waals surface area contributed by atoms with Crippen LogP contribution in [0.4, 0.5) is 0 Å². The van der Waals surface area contributed by atoms with Crippen molar-refractivity contribution >= 4 is 12.2 Å². The van der Waals surface area contributed by atoms with Gasteiger partial charge < -0.3 is 9.47 Å². The molecule has 0 spiro atoms. The van der Waals surface area contributed by atoms with Gasteiger partial charge in [0.15, 0.2) is 4.77 Å². The van der Waals surface area contributed by atoms with E-state index in [4.69, 9.17) is 12.2 Å². The lowest BCUT2D eigenvalue weighted by Crippen LogP contribution is -2.28. The first-order valence-corrected chi connectivity index (χ1v) is 6.85. The van der Waals surface area contributed by atoms with Gasteiger partial charge in [-0.3, -0.25) is 5.10 Å². The Morgan fingerprint density at radius 1 is 1.53 bits per heavy atom. The summed E-state index contributed by atoms with van der Waals surface area (Å²) < 4.78 is 2.96. The summed E-state index contributed by atoms with van der Waals surface area (Å²) in [5, 5.41) is 7.26. The van der Waals surface area contributed by atoms with Crippen molar-refractivity contribution in [1.29, 1.82) is 0 Å². The van der Waals surface area contributed by atoms with Gasteiger partial charge in [0.1, 0.15) is 5.82 Å². The van der Waals surface area contributed by atoms with Crippen molar-refractivity contribution in [1.82, 2.24) is 19.7 Å². The van der Waals surface area contributed by atoms with Gasteiger partial charge in [-0.2, -0.15) is 5.10 Å². The van der Waals surface area contributed by atoms with Gasteiger partial charge in [0.25, 0.3) is 0 Å². The molecule has 1 fully saturated rings. The number of hydrogen-bond donors (Lipinski definition) is 1. The van der Waals surface area contributed by atoms with Crippen LogP contribution < -0.4 is 0 Å². The topological polar surface area (TPSA) is 36.9 Å². The van der Waals surface area contributed by atoms with E-state index >= 15 is 0 Å². The molecule has 1 aliphatic carbocycles. The summed E-state index contributed by atoms with van der Waals surface area (Å²) in [5.74, 6) is 1.83. The highest BCUT2D eigenvalue weighted by Gasteiger charge is 2.28. The number of H-pyrrole nitrogens is 1. The fourth-order valence-electron chi connectivity index (χ4n) is 1.94. The van der Waals surface area contributed by atoms with Crippen LogP contribution in [0.3, 0.4) is 0 Å². The molecule has 0 radical (unpaired) electrons. The van der Waals surface area contributed by atoms with Crippen molar-refractivity contribution in [2.45, 2.75) is 51.6 Å². The number of nitrogens with one attached hydrogen (secondary N) is 1. The second-order valence-electron chi connectivity index (χ2n) is 5.24. The van der Waals surface area contributed by atoms with Crippen LogP contribution in [0, 0.1) is 4.77 Å². The maximum absolute atomic E-state index is 5.28. The van der Waals surface area contributed by atoms with E-state index in [0.717, 1.165) is 24.3 Å². The molecule has 0 unspecified atom stereocenters. The zero-order valence-electron chi connectivity index (χ0n) is 10.9. The molecule has 0 aromatic carbocycles. The van der Waals surface area contributed by atoms with Gasteiger partial charge in [0.05, 0.1) is 0 Å². The molecule has 1 aliphatic rings. The van der Waals surface area contributed by atoms with Crippen LogP contribution >= 0.6 is 12.2 Å². The van der Waals surface area contributed by atoms with Crippen LogP contribution in [-0.4, -0.2) is 39.3 Å². The molecule has 96 valence electrons. The summed E-state index contributed by atoms with van der Waals surface area (Å²) in [6.45, 7) is 6.53. The number of aromatic amines is 1. The Balaban J connectivity index is 1.90. The predicted molar refractivity (Wildman–Crippen MR) is 71.8 cm³/mol. The lowest BCUT2D eigenvalue weighted by molar-refractivity contribution is 0.265. The van der Waals surface area contributed by atoms with Gasteiger partial charge in [0.2, 0.25) is 0 Å². The maximum Gasteiger partial charge on any atom is 0.195 e. The third-order valence-electron chi connectivity index (χ3n) is 3.50. The lowest BCUT2D eigenvalue weighted by atomic mass is 10.3. The SMILES string of the molecule is CC(C)N(C)CCCn1c(C2CC2)n[nH]c1=S. The molecule has 0 atom stereocenters. The molecule has 0 saturated heterocycles. The molecular weight excluding hydrogens is 232 g/mol. The van der Waals surface area contributed by atoms with Crippen LogP contribution in [0.2, 0.25) is 0 Å². The van der Waals surface area contributed by atoms with Crippen LogP contribution in [-0.2, 0) is 6.54 Å². The van der Waals surface area contributed by atoms with Crippen LogP contribution in [0.25, 0.3) is 0 Å². The van der Waals surface area contributed by atoms with Crippen LogP contribution in [0.5, 0.6) is 0 Å². The first-order valence-electron chi connectivity index (χ1n) is 6.45. The molecular formula is C12H22N4S. The summed E-state index contributed by atoms with van der Waals surface area (Å²) in [6.07, 6.45) is 3.67. The Morgan fingerprint density at radius 3 is 2.82 bits per heavy atom. The molecule has 17 heavy (non-hydrogen) atoms. The van der Waals surface area contributed by atoms with E-state index in [1.807, 2.05) is 0 Å². The van der Waals surface area contributed by atoms with Gasteiger partial charge in [-0.15, -0.1) is 0 Å². The normalized spacial score (nSPS) is 16.1. The third-order valence-corrected chi connectivity index (χ3v) is 3.82. The minimum absolute atomic E-state index is 0.607. The van der Waals surface area contributed by atoms with E-state index in [-0.39, 0.29) is 0 Å². The molecule has 0 amide bonds. The first-order chi connectivity index (χ1) is 8.09. The van der Waals surface area contributed by atoms with E-state index in [9.17, 15) is 0 Å². The Hall–Kier alpha value is -0.680. The predicted octanol–water partition coefficient (Wildman–Crippen LogP) is 2.55. The van der Waals surface area contributed by atoms with Gasteiger partial charge in [0, 0.05) is 18.5 Å². The molecule has 1 heterocycles. The van der Waals surface area contributed by atoms with Crippen LogP contribution in [0.1, 0.15) is 44.9 Å². The highest BCUT2D eigenvalue weighted by atomic mass is 32.1.